The van der Waals surface area contributed by atoms with Crippen LogP contribution in [0.4, 0.5) is 4.79 Å². The summed E-state index contributed by atoms with van der Waals surface area (Å²) >= 11 is 0. The van der Waals surface area contributed by atoms with E-state index in [0.29, 0.717) is 0 Å². The van der Waals surface area contributed by atoms with Crippen LogP contribution in [0.1, 0.15) is 20.8 Å². The summed E-state index contributed by atoms with van der Waals surface area (Å²) in [6.07, 6.45) is -1.02. The number of esters is 1. The zero-order valence-corrected chi connectivity index (χ0v) is 7.42. The van der Waals surface area contributed by atoms with Gasteiger partial charge in [-0.3, -0.25) is 4.79 Å². The smallest absolute Gasteiger partial charge is 0.428 e. The fraction of sp³-hybridized carbons (Fsp3) is 0.714. The third kappa shape index (κ3) is 5.67. The molecular formula is C7H13NO4. The van der Waals surface area contributed by atoms with Gasteiger partial charge in [-0.2, -0.15) is 0 Å². The van der Waals surface area contributed by atoms with E-state index in [4.69, 9.17) is 5.73 Å². The molecule has 5 nitrogen and oxygen atoms in total. The van der Waals surface area contributed by atoms with Crippen LogP contribution >= 0.6 is 0 Å². The first-order chi connectivity index (χ1) is 5.35. The van der Waals surface area contributed by atoms with Crippen LogP contribution in [0.15, 0.2) is 0 Å². The van der Waals surface area contributed by atoms with Gasteiger partial charge in [-0.25, -0.2) is 4.79 Å². The summed E-state index contributed by atoms with van der Waals surface area (Å²) in [5, 5.41) is 0. The predicted molar refractivity (Wildman–Crippen MR) is 41.4 cm³/mol. The monoisotopic (exact) mass is 175 g/mol. The fourth-order valence-electron chi connectivity index (χ4n) is 0.405. The molecule has 0 rings (SSSR count). The lowest BCUT2D eigenvalue weighted by molar-refractivity contribution is -0.139. The van der Waals surface area contributed by atoms with Crippen LogP contribution < -0.4 is 5.73 Å². The van der Waals surface area contributed by atoms with Gasteiger partial charge in [0.15, 0.2) is 0 Å². The lowest BCUT2D eigenvalue weighted by atomic mass is 10.2. The second-order valence-electron chi connectivity index (χ2n) is 3.14. The van der Waals surface area contributed by atoms with Crippen molar-refractivity contribution in [3.8, 4) is 0 Å². The van der Waals surface area contributed by atoms with E-state index in [0.717, 1.165) is 0 Å². The summed E-state index contributed by atoms with van der Waals surface area (Å²) in [5.41, 5.74) is 4.24. The molecule has 2 N–H and O–H groups in total. The topological polar surface area (TPSA) is 78.6 Å². The van der Waals surface area contributed by atoms with Crippen molar-refractivity contribution in [3.63, 3.8) is 0 Å². The molecule has 0 radical (unpaired) electrons. The van der Waals surface area contributed by atoms with E-state index in [-0.39, 0.29) is 6.54 Å². The molecule has 0 aliphatic carbocycles. The molecule has 70 valence electrons. The van der Waals surface area contributed by atoms with Crippen LogP contribution in [-0.2, 0) is 14.3 Å². The average molecular weight is 175 g/mol. The van der Waals surface area contributed by atoms with Crippen molar-refractivity contribution in [3.05, 3.63) is 0 Å². The zero-order chi connectivity index (χ0) is 9.78. The number of carbonyl (C=O) groups is 2. The lowest BCUT2D eigenvalue weighted by Gasteiger charge is -2.17. The number of nitrogens with two attached hydrogens (primary N) is 1. The molecule has 0 unspecified atom stereocenters. The van der Waals surface area contributed by atoms with Gasteiger partial charge in [0.2, 0.25) is 0 Å². The van der Waals surface area contributed by atoms with Crippen molar-refractivity contribution in [1.82, 2.24) is 0 Å². The first kappa shape index (κ1) is 10.9. The minimum atomic E-state index is -1.02. The fourth-order valence-corrected chi connectivity index (χ4v) is 0.405. The number of hydrogen-bond acceptors (Lipinski definition) is 5. The molecule has 0 saturated carbocycles. The van der Waals surface area contributed by atoms with E-state index in [1.807, 2.05) is 0 Å². The first-order valence-electron chi connectivity index (χ1n) is 3.49. The maximum Gasteiger partial charge on any atom is 0.516 e. The summed E-state index contributed by atoms with van der Waals surface area (Å²) in [4.78, 5) is 21.2. The number of carbonyl (C=O) groups excluding carboxylic acids is 2. The standard InChI is InChI=1S/C7H13NO4/c1-7(2,3)12-6(10)11-5(9)4-8/h4,8H2,1-3H3. The molecule has 0 aliphatic heterocycles. The molecule has 0 aliphatic rings. The van der Waals surface area contributed by atoms with E-state index in [9.17, 15) is 9.59 Å². The SMILES string of the molecule is CC(C)(C)OC(=O)OC(=O)CN. The van der Waals surface area contributed by atoms with Crippen molar-refractivity contribution in [2.45, 2.75) is 26.4 Å². The predicted octanol–water partition coefficient (Wildman–Crippen LogP) is 0.423. The summed E-state index contributed by atoms with van der Waals surface area (Å²) in [6.45, 7) is 4.67. The van der Waals surface area contributed by atoms with Gasteiger partial charge in [0.25, 0.3) is 0 Å². The number of rotatable bonds is 1. The molecule has 0 aromatic heterocycles. The molecule has 0 heterocycles. The quantitative estimate of drug-likeness (QED) is 0.461. The van der Waals surface area contributed by atoms with Crippen molar-refractivity contribution in [2.75, 3.05) is 6.54 Å². The first-order valence-corrected chi connectivity index (χ1v) is 3.49. The van der Waals surface area contributed by atoms with Gasteiger partial charge in [0, 0.05) is 0 Å². The van der Waals surface area contributed by atoms with Crippen molar-refractivity contribution < 1.29 is 19.1 Å². The highest BCUT2D eigenvalue weighted by Crippen LogP contribution is 2.07. The van der Waals surface area contributed by atoms with E-state index >= 15 is 0 Å². The van der Waals surface area contributed by atoms with Crippen LogP contribution in [0.3, 0.4) is 0 Å². The largest absolute Gasteiger partial charge is 0.516 e. The molecule has 0 saturated heterocycles. The van der Waals surface area contributed by atoms with E-state index in [2.05, 4.69) is 9.47 Å². The molecule has 12 heavy (non-hydrogen) atoms. The summed E-state index contributed by atoms with van der Waals surface area (Å²) in [5.74, 6) is -0.802. The van der Waals surface area contributed by atoms with Gasteiger partial charge in [-0.05, 0) is 20.8 Å². The average Bonchev–Trinajstić information content (AvgIpc) is 1.82. The third-order valence-corrected chi connectivity index (χ3v) is 0.753. The highest BCUT2D eigenvalue weighted by atomic mass is 16.7. The van der Waals surface area contributed by atoms with E-state index in [1.165, 1.54) is 0 Å². The van der Waals surface area contributed by atoms with Crippen LogP contribution in [0, 0.1) is 0 Å². The molecule has 0 fully saturated rings. The zero-order valence-electron chi connectivity index (χ0n) is 7.42. The maximum absolute atomic E-state index is 10.7. The van der Waals surface area contributed by atoms with Crippen LogP contribution in [0.5, 0.6) is 0 Å². The minimum absolute atomic E-state index is 0.334. The lowest BCUT2D eigenvalue weighted by Crippen LogP contribution is -2.28. The second kappa shape index (κ2) is 4.06. The Morgan fingerprint density at radius 2 is 1.83 bits per heavy atom. The summed E-state index contributed by atoms with van der Waals surface area (Å²) in [6, 6.07) is 0. The van der Waals surface area contributed by atoms with Gasteiger partial charge in [-0.15, -0.1) is 0 Å². The summed E-state index contributed by atoms with van der Waals surface area (Å²) < 4.78 is 8.82. The van der Waals surface area contributed by atoms with E-state index < -0.39 is 17.7 Å². The molecule has 0 atom stereocenters. The third-order valence-electron chi connectivity index (χ3n) is 0.753. The second-order valence-corrected chi connectivity index (χ2v) is 3.14. The summed E-state index contributed by atoms with van der Waals surface area (Å²) in [7, 11) is 0. The van der Waals surface area contributed by atoms with E-state index in [1.54, 1.807) is 20.8 Å². The number of hydrogen-bond donors (Lipinski definition) is 1. The highest BCUT2D eigenvalue weighted by Gasteiger charge is 2.19. The molecular weight excluding hydrogens is 162 g/mol. The van der Waals surface area contributed by atoms with Crippen LogP contribution in [0.25, 0.3) is 0 Å². The Hall–Kier alpha value is -1.10. The van der Waals surface area contributed by atoms with Gasteiger partial charge in [0.1, 0.15) is 5.60 Å². The highest BCUT2D eigenvalue weighted by molar-refractivity contribution is 5.83. The van der Waals surface area contributed by atoms with Crippen LogP contribution in [0.2, 0.25) is 0 Å². The molecule has 0 aromatic carbocycles. The molecule has 0 aromatic rings. The van der Waals surface area contributed by atoms with Crippen molar-refractivity contribution >= 4 is 12.1 Å². The Labute approximate surface area is 70.8 Å². The van der Waals surface area contributed by atoms with Crippen molar-refractivity contribution in [2.24, 2.45) is 5.73 Å². The van der Waals surface area contributed by atoms with Gasteiger partial charge >= 0.3 is 12.1 Å². The normalized spacial score (nSPS) is 10.7. The molecule has 0 bridgehead atoms. The van der Waals surface area contributed by atoms with Crippen LogP contribution in [-0.4, -0.2) is 24.3 Å². The maximum atomic E-state index is 10.7. The van der Waals surface area contributed by atoms with Gasteiger partial charge in [-0.1, -0.05) is 0 Å². The van der Waals surface area contributed by atoms with Gasteiger partial charge in [0.05, 0.1) is 6.54 Å². The Kier molecular flexibility index (Phi) is 3.69. The Morgan fingerprint density at radius 3 is 2.17 bits per heavy atom. The molecule has 5 heteroatoms. The minimum Gasteiger partial charge on any atom is -0.428 e. The Bertz CT molecular complexity index is 182. The van der Waals surface area contributed by atoms with Gasteiger partial charge < -0.3 is 15.2 Å². The molecule has 0 spiro atoms. The molecule has 0 amide bonds. The number of ether oxygens (including phenoxy) is 2. The Morgan fingerprint density at radius 1 is 1.33 bits per heavy atom. The Balaban J connectivity index is 3.83. The van der Waals surface area contributed by atoms with Crippen molar-refractivity contribution in [1.29, 1.82) is 0 Å².